The molecular formula is C16H19N5OS. The Kier molecular flexibility index (Phi) is 3.95. The number of nitrogens with zero attached hydrogens (tertiary/aromatic N) is 5. The van der Waals surface area contributed by atoms with Crippen LogP contribution >= 0.6 is 11.3 Å². The first-order chi connectivity index (χ1) is 11.3. The second-order valence-electron chi connectivity index (χ2n) is 6.03. The van der Waals surface area contributed by atoms with Crippen molar-refractivity contribution in [2.24, 2.45) is 0 Å². The van der Waals surface area contributed by atoms with Gasteiger partial charge in [-0.1, -0.05) is 0 Å². The molecule has 1 saturated heterocycles. The molecule has 0 radical (unpaired) electrons. The van der Waals surface area contributed by atoms with E-state index < -0.39 is 0 Å². The van der Waals surface area contributed by atoms with Gasteiger partial charge in [0.25, 0.3) is 0 Å². The topological polar surface area (TPSA) is 63.9 Å². The van der Waals surface area contributed by atoms with Crippen LogP contribution in [0.3, 0.4) is 0 Å². The molecule has 0 N–H and O–H groups in total. The summed E-state index contributed by atoms with van der Waals surface area (Å²) in [6, 6.07) is 0. The maximum Gasteiger partial charge on any atom is 0.246 e. The standard InChI is InChI=1S/C16H19N5OS/c22-15(4-3-14-17-7-11-23-14)20-9-5-12(6-10-20)16-19-18-13-2-1-8-21(13)16/h3-4,7,11-12H,1-2,5-6,8-10H2/b4-3+. The van der Waals surface area contributed by atoms with Gasteiger partial charge >= 0.3 is 0 Å². The average Bonchev–Trinajstić information content (AvgIpc) is 3.30. The van der Waals surface area contributed by atoms with Gasteiger partial charge in [-0.25, -0.2) is 4.98 Å². The van der Waals surface area contributed by atoms with Crippen molar-refractivity contribution in [2.75, 3.05) is 13.1 Å². The van der Waals surface area contributed by atoms with Crippen LogP contribution in [-0.2, 0) is 17.8 Å². The van der Waals surface area contributed by atoms with Gasteiger partial charge in [0.15, 0.2) is 0 Å². The van der Waals surface area contributed by atoms with Crippen molar-refractivity contribution in [3.8, 4) is 0 Å². The molecule has 0 saturated carbocycles. The first-order valence-electron chi connectivity index (χ1n) is 8.10. The summed E-state index contributed by atoms with van der Waals surface area (Å²) in [4.78, 5) is 18.3. The van der Waals surface area contributed by atoms with Crippen LogP contribution in [0.1, 0.15) is 41.8 Å². The Morgan fingerprint density at radius 1 is 1.26 bits per heavy atom. The van der Waals surface area contributed by atoms with Crippen molar-refractivity contribution in [3.63, 3.8) is 0 Å². The fourth-order valence-corrected chi connectivity index (χ4v) is 3.93. The fraction of sp³-hybridized carbons (Fsp3) is 0.500. The predicted molar refractivity (Wildman–Crippen MR) is 88.0 cm³/mol. The molecule has 1 fully saturated rings. The molecule has 0 aliphatic carbocycles. The summed E-state index contributed by atoms with van der Waals surface area (Å²) >= 11 is 1.53. The molecule has 1 amide bonds. The number of carbonyl (C=O) groups is 1. The molecule has 23 heavy (non-hydrogen) atoms. The van der Waals surface area contributed by atoms with Crippen molar-refractivity contribution in [2.45, 2.75) is 38.1 Å². The quantitative estimate of drug-likeness (QED) is 0.809. The van der Waals surface area contributed by atoms with Gasteiger partial charge < -0.3 is 9.47 Å². The van der Waals surface area contributed by atoms with Crippen LogP contribution in [0, 0.1) is 0 Å². The number of hydrogen-bond donors (Lipinski definition) is 0. The molecule has 2 aromatic heterocycles. The Bertz CT molecular complexity index is 713. The van der Waals surface area contributed by atoms with E-state index in [0.717, 1.165) is 55.6 Å². The molecule has 6 nitrogen and oxygen atoms in total. The van der Waals surface area contributed by atoms with Crippen LogP contribution < -0.4 is 0 Å². The number of piperidine rings is 1. The van der Waals surface area contributed by atoms with Gasteiger partial charge in [0, 0.05) is 49.6 Å². The van der Waals surface area contributed by atoms with Crippen LogP contribution in [0.15, 0.2) is 17.7 Å². The second-order valence-corrected chi connectivity index (χ2v) is 6.96. The molecule has 0 bridgehead atoms. The van der Waals surface area contributed by atoms with Crippen LogP contribution in [0.2, 0.25) is 0 Å². The second kappa shape index (κ2) is 6.23. The Hall–Kier alpha value is -2.02. The van der Waals surface area contributed by atoms with E-state index in [0.29, 0.717) is 5.92 Å². The summed E-state index contributed by atoms with van der Waals surface area (Å²) in [5.41, 5.74) is 0. The van der Waals surface area contributed by atoms with Crippen molar-refractivity contribution < 1.29 is 4.79 Å². The fourth-order valence-electron chi connectivity index (χ4n) is 3.40. The van der Waals surface area contributed by atoms with Gasteiger partial charge in [0.2, 0.25) is 5.91 Å². The number of carbonyl (C=O) groups excluding carboxylic acids is 1. The zero-order valence-corrected chi connectivity index (χ0v) is 13.7. The molecule has 7 heteroatoms. The SMILES string of the molecule is O=C(/C=C/c1nccs1)N1CCC(c2nnc3n2CCC3)CC1. The predicted octanol–water partition coefficient (Wildman–Crippen LogP) is 2.10. The van der Waals surface area contributed by atoms with Crippen molar-refractivity contribution >= 4 is 23.3 Å². The maximum atomic E-state index is 12.3. The lowest BCUT2D eigenvalue weighted by molar-refractivity contribution is -0.127. The summed E-state index contributed by atoms with van der Waals surface area (Å²) in [5, 5.41) is 11.5. The molecule has 2 aliphatic rings. The molecule has 0 aromatic carbocycles. The lowest BCUT2D eigenvalue weighted by Crippen LogP contribution is -2.37. The summed E-state index contributed by atoms with van der Waals surface area (Å²) < 4.78 is 2.28. The van der Waals surface area contributed by atoms with Gasteiger partial charge in [-0.2, -0.15) is 0 Å². The lowest BCUT2D eigenvalue weighted by Gasteiger charge is -2.30. The van der Waals surface area contributed by atoms with Gasteiger partial charge in [-0.3, -0.25) is 4.79 Å². The Labute approximate surface area is 138 Å². The van der Waals surface area contributed by atoms with E-state index in [-0.39, 0.29) is 5.91 Å². The van der Waals surface area contributed by atoms with Crippen LogP contribution in [0.25, 0.3) is 6.08 Å². The highest BCUT2D eigenvalue weighted by Gasteiger charge is 2.28. The van der Waals surface area contributed by atoms with E-state index in [9.17, 15) is 4.79 Å². The monoisotopic (exact) mass is 329 g/mol. The van der Waals surface area contributed by atoms with Gasteiger partial charge in [-0.15, -0.1) is 21.5 Å². The smallest absolute Gasteiger partial charge is 0.246 e. The van der Waals surface area contributed by atoms with Crippen molar-refractivity contribution in [1.82, 2.24) is 24.6 Å². The Morgan fingerprint density at radius 3 is 2.91 bits per heavy atom. The highest BCUT2D eigenvalue weighted by atomic mass is 32.1. The lowest BCUT2D eigenvalue weighted by atomic mass is 9.96. The Morgan fingerprint density at radius 2 is 2.13 bits per heavy atom. The number of fused-ring (bicyclic) bond motifs is 1. The van der Waals surface area contributed by atoms with Crippen LogP contribution in [0.4, 0.5) is 0 Å². The summed E-state index contributed by atoms with van der Waals surface area (Å²) in [6.45, 7) is 2.62. The highest BCUT2D eigenvalue weighted by Crippen LogP contribution is 2.29. The molecule has 0 unspecified atom stereocenters. The number of likely N-dealkylation sites (tertiary alicyclic amines) is 1. The number of aryl methyl sites for hydroxylation is 1. The molecule has 120 valence electrons. The third-order valence-corrected chi connectivity index (χ3v) is 5.37. The van der Waals surface area contributed by atoms with E-state index in [4.69, 9.17) is 0 Å². The molecule has 2 aliphatic heterocycles. The van der Waals surface area contributed by atoms with Gasteiger partial charge in [0.1, 0.15) is 16.7 Å². The minimum Gasteiger partial charge on any atom is -0.339 e. The minimum absolute atomic E-state index is 0.0742. The molecular weight excluding hydrogens is 310 g/mol. The zero-order chi connectivity index (χ0) is 15.6. The summed E-state index contributed by atoms with van der Waals surface area (Å²) in [7, 11) is 0. The molecule has 4 heterocycles. The number of amides is 1. The first-order valence-corrected chi connectivity index (χ1v) is 8.97. The van der Waals surface area contributed by atoms with Crippen LogP contribution in [-0.4, -0.2) is 43.6 Å². The molecule has 0 spiro atoms. The van der Waals surface area contributed by atoms with E-state index in [1.165, 1.54) is 17.8 Å². The van der Waals surface area contributed by atoms with Crippen LogP contribution in [0.5, 0.6) is 0 Å². The van der Waals surface area contributed by atoms with E-state index >= 15 is 0 Å². The maximum absolute atomic E-state index is 12.3. The van der Waals surface area contributed by atoms with E-state index in [2.05, 4.69) is 19.7 Å². The normalized spacial score (nSPS) is 18.7. The number of thiazole rings is 1. The minimum atomic E-state index is 0.0742. The summed E-state index contributed by atoms with van der Waals surface area (Å²) in [5.74, 6) is 2.76. The van der Waals surface area contributed by atoms with Crippen molar-refractivity contribution in [3.05, 3.63) is 34.3 Å². The average molecular weight is 329 g/mol. The number of rotatable bonds is 3. The van der Waals surface area contributed by atoms with Gasteiger partial charge in [-0.05, 0) is 25.3 Å². The molecule has 0 atom stereocenters. The van der Waals surface area contributed by atoms with E-state index in [1.54, 1.807) is 18.3 Å². The number of hydrogen-bond acceptors (Lipinski definition) is 5. The van der Waals surface area contributed by atoms with E-state index in [1.807, 2.05) is 10.3 Å². The molecule has 4 rings (SSSR count). The zero-order valence-electron chi connectivity index (χ0n) is 12.9. The Balaban J connectivity index is 1.36. The van der Waals surface area contributed by atoms with Gasteiger partial charge in [0.05, 0.1) is 0 Å². The largest absolute Gasteiger partial charge is 0.339 e. The highest BCUT2D eigenvalue weighted by molar-refractivity contribution is 7.10. The first kappa shape index (κ1) is 14.6. The van der Waals surface area contributed by atoms with Crippen molar-refractivity contribution in [1.29, 1.82) is 0 Å². The number of aromatic nitrogens is 4. The summed E-state index contributed by atoms with van der Waals surface area (Å²) in [6.07, 6.45) is 9.34. The molecule has 2 aromatic rings. The third kappa shape index (κ3) is 2.93. The third-order valence-electron chi connectivity index (χ3n) is 4.63.